The second-order valence-corrected chi connectivity index (χ2v) is 7.76. The van der Waals surface area contributed by atoms with Crippen molar-refractivity contribution in [2.75, 3.05) is 5.32 Å². The molecule has 2 unspecified atom stereocenters. The molecule has 178 valence electrons. The number of benzene rings is 1. The van der Waals surface area contributed by atoms with Crippen LogP contribution in [0.3, 0.4) is 0 Å². The summed E-state index contributed by atoms with van der Waals surface area (Å²) in [5.74, 6) is 1.48. The van der Waals surface area contributed by atoms with Gasteiger partial charge in [0.25, 0.3) is 0 Å². The van der Waals surface area contributed by atoms with Crippen LogP contribution in [0.1, 0.15) is 42.6 Å². The van der Waals surface area contributed by atoms with E-state index in [2.05, 4.69) is 34.7 Å². The van der Waals surface area contributed by atoms with Crippen LogP contribution in [-0.4, -0.2) is 33.0 Å². The minimum Gasteiger partial charge on any atom is -0.370 e. The van der Waals surface area contributed by atoms with Crippen molar-refractivity contribution in [3.8, 4) is 0 Å². The lowest BCUT2D eigenvalue weighted by atomic mass is 9.90. The highest BCUT2D eigenvalue weighted by Gasteiger charge is 2.26. The molecule has 0 bridgehead atoms. The Morgan fingerprint density at radius 1 is 1.00 bits per heavy atom. The fourth-order valence-electron chi connectivity index (χ4n) is 3.94. The van der Waals surface area contributed by atoms with Gasteiger partial charge in [0.15, 0.2) is 11.8 Å². The minimum absolute atomic E-state index is 0. The molecule has 1 fully saturated rings. The Kier molecular flexibility index (Phi) is 11.4. The molecule has 0 spiro atoms. The van der Waals surface area contributed by atoms with Crippen molar-refractivity contribution < 1.29 is 0 Å². The van der Waals surface area contributed by atoms with Crippen molar-refractivity contribution in [2.45, 2.75) is 44.7 Å². The molecule has 1 aromatic carbocycles. The third-order valence-corrected chi connectivity index (χ3v) is 5.43. The van der Waals surface area contributed by atoms with Crippen LogP contribution in [0.25, 0.3) is 23.1 Å². The van der Waals surface area contributed by atoms with Gasteiger partial charge in [-0.3, -0.25) is 10.4 Å². The van der Waals surface area contributed by atoms with Crippen LogP contribution in [0.2, 0.25) is 0 Å². The Morgan fingerprint density at radius 3 is 2.39 bits per heavy atom. The molecule has 10 heteroatoms. The number of nitrogens with zero attached hydrogens (tertiary/aromatic N) is 3. The lowest BCUT2D eigenvalue weighted by Crippen LogP contribution is -2.50. The maximum absolute atomic E-state index is 7.63. The molecule has 1 saturated carbocycles. The van der Waals surface area contributed by atoms with Gasteiger partial charge in [0.1, 0.15) is 5.82 Å². The first-order valence-electron chi connectivity index (χ1n) is 10.3. The first kappa shape index (κ1) is 28.4. The van der Waals surface area contributed by atoms with Gasteiger partial charge in [0, 0.05) is 29.9 Å². The average Bonchev–Trinajstić information content (AvgIpc) is 2.74. The number of aromatic nitrogens is 3. The van der Waals surface area contributed by atoms with E-state index in [0.29, 0.717) is 5.82 Å². The first-order chi connectivity index (χ1) is 14.6. The maximum Gasteiger partial charge on any atom is 0.185 e. The summed E-state index contributed by atoms with van der Waals surface area (Å²) in [6, 6.07) is 10.4. The number of aryl methyl sites for hydroxylation is 1. The number of guanidine groups is 1. The molecule has 5 N–H and O–H groups in total. The van der Waals surface area contributed by atoms with E-state index in [1.165, 1.54) is 0 Å². The summed E-state index contributed by atoms with van der Waals surface area (Å²) in [4.78, 5) is 13.6. The molecule has 7 nitrogen and oxygen atoms in total. The number of hydrogen-bond acceptors (Lipinski definition) is 5. The van der Waals surface area contributed by atoms with Crippen molar-refractivity contribution in [3.05, 3.63) is 59.7 Å². The monoisotopic (exact) mass is 509 g/mol. The Labute approximate surface area is 212 Å². The molecule has 1 aliphatic rings. The second-order valence-electron chi connectivity index (χ2n) is 7.76. The molecule has 2 atom stereocenters. The van der Waals surface area contributed by atoms with E-state index in [-0.39, 0.29) is 55.3 Å². The highest BCUT2D eigenvalue weighted by molar-refractivity contribution is 5.91. The van der Waals surface area contributed by atoms with Crippen LogP contribution in [0, 0.1) is 12.3 Å². The third-order valence-electron chi connectivity index (χ3n) is 5.43. The van der Waals surface area contributed by atoms with E-state index in [0.717, 1.165) is 53.5 Å². The van der Waals surface area contributed by atoms with E-state index >= 15 is 0 Å². The van der Waals surface area contributed by atoms with Crippen molar-refractivity contribution in [1.82, 2.24) is 20.3 Å². The number of nitrogens with one attached hydrogen (secondary N) is 3. The van der Waals surface area contributed by atoms with Gasteiger partial charge < -0.3 is 16.4 Å². The molecule has 1 aliphatic carbocycles. The number of anilines is 1. The Hall–Kier alpha value is -2.61. The number of pyridine rings is 1. The summed E-state index contributed by atoms with van der Waals surface area (Å²) in [7, 11) is 0. The fraction of sp³-hybridized carbons (Fsp3) is 0.304. The number of hydrogen-bond donors (Lipinski definition) is 4. The smallest absolute Gasteiger partial charge is 0.185 e. The van der Waals surface area contributed by atoms with Gasteiger partial charge in [-0.15, -0.1) is 37.2 Å². The van der Waals surface area contributed by atoms with Crippen LogP contribution in [0.5, 0.6) is 0 Å². The van der Waals surface area contributed by atoms with Gasteiger partial charge in [-0.2, -0.15) is 0 Å². The Morgan fingerprint density at radius 2 is 1.70 bits per heavy atom. The number of halogens is 3. The molecule has 2 heterocycles. The van der Waals surface area contributed by atoms with E-state index in [1.807, 2.05) is 30.4 Å². The predicted octanol–water partition coefficient (Wildman–Crippen LogP) is 4.98. The minimum atomic E-state index is 0. The van der Waals surface area contributed by atoms with Gasteiger partial charge in [-0.05, 0) is 55.7 Å². The van der Waals surface area contributed by atoms with Gasteiger partial charge in [-0.1, -0.05) is 30.5 Å². The second kappa shape index (κ2) is 13.2. The average molecular weight is 511 g/mol. The summed E-state index contributed by atoms with van der Waals surface area (Å²) >= 11 is 0. The molecule has 2 aromatic heterocycles. The van der Waals surface area contributed by atoms with Crippen LogP contribution < -0.4 is 16.4 Å². The van der Waals surface area contributed by atoms with Gasteiger partial charge in [0.05, 0.1) is 5.52 Å². The Balaban J connectivity index is 0.00000181. The first-order valence-corrected chi connectivity index (χ1v) is 10.3. The SMILES string of the molecule is Cc1ccc2nc(/C=C/c3ccncc3)nc(NC3CCCCC3NC(=N)N)c2c1.Cl.Cl.Cl. The standard InChI is InChI=1S/C23H27N7.3ClH/c1-15-6-8-18-17(14-15)22(28-19-4-2-3-5-20(19)29-23(24)25)30-21(27-18)9-7-16-10-12-26-13-11-16;;;/h6-14,19-20H,2-5H2,1H3,(H4,24,25,29)(H,27,28,30);3*1H/b9-7+;;;. The lowest BCUT2D eigenvalue weighted by molar-refractivity contribution is 0.377. The molecule has 0 radical (unpaired) electrons. The highest BCUT2D eigenvalue weighted by atomic mass is 35.5. The van der Waals surface area contributed by atoms with Crippen molar-refractivity contribution in [3.63, 3.8) is 0 Å². The normalized spacial score (nSPS) is 17.4. The van der Waals surface area contributed by atoms with Gasteiger partial charge >= 0.3 is 0 Å². The summed E-state index contributed by atoms with van der Waals surface area (Å²) in [5, 5.41) is 15.4. The molecule has 0 aliphatic heterocycles. The predicted molar refractivity (Wildman–Crippen MR) is 144 cm³/mol. The van der Waals surface area contributed by atoms with E-state index in [1.54, 1.807) is 12.4 Å². The number of rotatable bonds is 5. The van der Waals surface area contributed by atoms with Crippen LogP contribution in [0.15, 0.2) is 42.7 Å². The zero-order valence-electron chi connectivity index (χ0n) is 18.3. The zero-order valence-corrected chi connectivity index (χ0v) is 20.8. The van der Waals surface area contributed by atoms with Crippen LogP contribution in [-0.2, 0) is 0 Å². The largest absolute Gasteiger partial charge is 0.370 e. The molecular weight excluding hydrogens is 481 g/mol. The topological polar surface area (TPSA) is 113 Å². The summed E-state index contributed by atoms with van der Waals surface area (Å²) in [5.41, 5.74) is 8.73. The van der Waals surface area contributed by atoms with Crippen molar-refractivity contribution in [2.24, 2.45) is 5.73 Å². The summed E-state index contributed by atoms with van der Waals surface area (Å²) in [6.07, 6.45) is 11.7. The van der Waals surface area contributed by atoms with E-state index in [9.17, 15) is 0 Å². The zero-order chi connectivity index (χ0) is 20.9. The molecule has 0 amide bonds. The number of fused-ring (bicyclic) bond motifs is 1. The molecular formula is C23H30Cl3N7. The van der Waals surface area contributed by atoms with E-state index in [4.69, 9.17) is 21.1 Å². The van der Waals surface area contributed by atoms with Crippen molar-refractivity contribution in [1.29, 1.82) is 5.41 Å². The third kappa shape index (κ3) is 7.45. The van der Waals surface area contributed by atoms with Crippen molar-refractivity contribution >= 4 is 72.1 Å². The Bertz CT molecular complexity index is 1080. The molecule has 3 aromatic rings. The lowest BCUT2D eigenvalue weighted by Gasteiger charge is -2.33. The fourth-order valence-corrected chi connectivity index (χ4v) is 3.94. The highest BCUT2D eigenvalue weighted by Crippen LogP contribution is 2.27. The van der Waals surface area contributed by atoms with Gasteiger partial charge in [0.2, 0.25) is 0 Å². The quantitative estimate of drug-likeness (QED) is 0.284. The molecule has 4 rings (SSSR count). The molecule has 33 heavy (non-hydrogen) atoms. The maximum atomic E-state index is 7.63. The van der Waals surface area contributed by atoms with Crippen LogP contribution >= 0.6 is 37.2 Å². The van der Waals surface area contributed by atoms with Crippen LogP contribution in [0.4, 0.5) is 5.82 Å². The summed E-state index contributed by atoms with van der Waals surface area (Å²) < 4.78 is 0. The van der Waals surface area contributed by atoms with Gasteiger partial charge in [-0.25, -0.2) is 9.97 Å². The molecule has 0 saturated heterocycles. The summed E-state index contributed by atoms with van der Waals surface area (Å²) in [6.45, 7) is 2.07. The number of nitrogens with two attached hydrogens (primary N) is 1. The van der Waals surface area contributed by atoms with E-state index < -0.39 is 0 Å².